The smallest absolute Gasteiger partial charge is 0.358 e. The SMILES string of the molecule is [CH2-]SC.[CH3-].[V+2]. The van der Waals surface area contributed by atoms with Crippen LogP contribution in [0.25, 0.3) is 0 Å². The van der Waals surface area contributed by atoms with Crippen molar-refractivity contribution in [1.82, 2.24) is 0 Å². The third-order valence-electron chi connectivity index (χ3n) is 0. The van der Waals surface area contributed by atoms with Crippen LogP contribution in [0.2, 0.25) is 0 Å². The molecule has 0 nitrogen and oxygen atoms in total. The summed E-state index contributed by atoms with van der Waals surface area (Å²) in [6, 6.07) is 0. The van der Waals surface area contributed by atoms with Crippen molar-refractivity contribution < 1.29 is 18.6 Å². The molecule has 31 valence electrons. The van der Waals surface area contributed by atoms with Gasteiger partial charge in [0.2, 0.25) is 0 Å². The van der Waals surface area contributed by atoms with E-state index in [1.807, 2.05) is 6.26 Å². The minimum Gasteiger partial charge on any atom is -0.358 e. The van der Waals surface area contributed by atoms with Gasteiger partial charge in [0, 0.05) is 0 Å². The average molecular weight is 127 g/mol. The second kappa shape index (κ2) is 20.4. The Kier molecular flexibility index (Phi) is 68.5. The van der Waals surface area contributed by atoms with Gasteiger partial charge in [0.15, 0.2) is 0 Å². The summed E-state index contributed by atoms with van der Waals surface area (Å²) in [6.07, 6.45) is 5.33. The van der Waals surface area contributed by atoms with Gasteiger partial charge in [-0.25, -0.2) is 0 Å². The summed E-state index contributed by atoms with van der Waals surface area (Å²) in [5, 5.41) is 0. The van der Waals surface area contributed by atoms with Crippen LogP contribution >= 0.6 is 11.8 Å². The van der Waals surface area contributed by atoms with Gasteiger partial charge in [0.05, 0.1) is 0 Å². The molecular weight excluding hydrogens is 119 g/mol. The Morgan fingerprint density at radius 2 is 1.60 bits per heavy atom. The first kappa shape index (κ1) is 16.8. The van der Waals surface area contributed by atoms with E-state index in [0.29, 0.717) is 0 Å². The molecular formula is C3H8SV. The summed E-state index contributed by atoms with van der Waals surface area (Å²) in [5.74, 6) is 0. The van der Waals surface area contributed by atoms with E-state index in [-0.39, 0.29) is 26.0 Å². The predicted molar refractivity (Wildman–Crippen MR) is 25.3 cm³/mol. The van der Waals surface area contributed by atoms with Crippen molar-refractivity contribution in [2.24, 2.45) is 0 Å². The fourth-order valence-corrected chi connectivity index (χ4v) is 0. The molecule has 0 aromatic heterocycles. The summed E-state index contributed by atoms with van der Waals surface area (Å²) in [7, 11) is 0. The van der Waals surface area contributed by atoms with E-state index >= 15 is 0 Å². The van der Waals surface area contributed by atoms with E-state index in [2.05, 4.69) is 6.26 Å². The van der Waals surface area contributed by atoms with E-state index in [0.717, 1.165) is 0 Å². The van der Waals surface area contributed by atoms with E-state index in [4.69, 9.17) is 0 Å². The molecule has 1 radical (unpaired) electrons. The van der Waals surface area contributed by atoms with Gasteiger partial charge in [-0.15, -0.1) is 0 Å². The van der Waals surface area contributed by atoms with Crippen molar-refractivity contribution in [2.45, 2.75) is 0 Å². The molecule has 0 aliphatic rings. The maximum atomic E-state index is 3.40. The van der Waals surface area contributed by atoms with Gasteiger partial charge >= 0.3 is 18.6 Å². The Labute approximate surface area is 50.6 Å². The molecule has 0 aliphatic heterocycles. The number of rotatable bonds is 0. The van der Waals surface area contributed by atoms with Crippen molar-refractivity contribution in [3.8, 4) is 0 Å². The molecule has 0 aromatic rings. The van der Waals surface area contributed by atoms with Crippen molar-refractivity contribution in [3.05, 3.63) is 13.7 Å². The monoisotopic (exact) mass is 127 g/mol. The quantitative estimate of drug-likeness (QED) is 0.445. The topological polar surface area (TPSA) is 0 Å². The second-order valence-electron chi connectivity index (χ2n) is 0.289. The zero-order valence-corrected chi connectivity index (χ0v) is 5.78. The van der Waals surface area contributed by atoms with E-state index in [1.165, 1.54) is 11.8 Å². The van der Waals surface area contributed by atoms with Crippen LogP contribution in [0.5, 0.6) is 0 Å². The Bertz CT molecular complexity index is 6.85. The predicted octanol–water partition coefficient (Wildman–Crippen LogP) is 1.59. The van der Waals surface area contributed by atoms with E-state index in [1.54, 1.807) is 0 Å². The first-order chi connectivity index (χ1) is 1.41. The normalized spacial score (nSPS) is 3.60. The number of thioether (sulfide) groups is 1. The minimum absolute atomic E-state index is 0. The Morgan fingerprint density at radius 1 is 1.60 bits per heavy atom. The van der Waals surface area contributed by atoms with Gasteiger partial charge in [-0.1, -0.05) is 0 Å². The third kappa shape index (κ3) is 48.7. The maximum absolute atomic E-state index is 3.40. The zero-order valence-electron chi connectivity index (χ0n) is 3.56. The molecule has 0 atom stereocenters. The third-order valence-corrected chi connectivity index (χ3v) is 0. The number of hydrogen-bond acceptors (Lipinski definition) is 1. The largest absolute Gasteiger partial charge is 2.00 e. The van der Waals surface area contributed by atoms with E-state index in [9.17, 15) is 0 Å². The molecule has 2 heteroatoms. The molecule has 0 aliphatic carbocycles. The van der Waals surface area contributed by atoms with Crippen molar-refractivity contribution in [1.29, 1.82) is 0 Å². The summed E-state index contributed by atoms with van der Waals surface area (Å²) < 4.78 is 0. The molecule has 0 N–H and O–H groups in total. The van der Waals surface area contributed by atoms with Crippen molar-refractivity contribution in [3.63, 3.8) is 0 Å². The molecule has 0 heterocycles. The van der Waals surface area contributed by atoms with Crippen LogP contribution < -0.4 is 0 Å². The molecule has 0 spiro atoms. The van der Waals surface area contributed by atoms with Crippen LogP contribution in [-0.2, 0) is 18.6 Å². The first-order valence-corrected chi connectivity index (χ1v) is 2.09. The fraction of sp³-hybridized carbons (Fsp3) is 0.333. The summed E-state index contributed by atoms with van der Waals surface area (Å²) in [6.45, 7) is 0. The van der Waals surface area contributed by atoms with Crippen molar-refractivity contribution >= 4 is 11.8 Å². The Morgan fingerprint density at radius 3 is 1.60 bits per heavy atom. The van der Waals surface area contributed by atoms with Gasteiger partial charge in [-0.3, -0.25) is 6.26 Å². The molecule has 0 unspecified atom stereocenters. The summed E-state index contributed by atoms with van der Waals surface area (Å²) in [5.41, 5.74) is 0. The fourth-order valence-electron chi connectivity index (χ4n) is 0. The molecule has 0 saturated heterocycles. The molecule has 0 bridgehead atoms. The molecule has 0 rings (SSSR count). The van der Waals surface area contributed by atoms with Crippen LogP contribution in [0.15, 0.2) is 0 Å². The Hall–Kier alpha value is 0.934. The Balaban J connectivity index is -0.0000000200. The molecule has 0 amide bonds. The standard InChI is InChI=1S/C2H5S.CH3.V/c1-3-2;;/h1H2,2H3;1H3;/q2*-1;+2. The summed E-state index contributed by atoms with van der Waals surface area (Å²) >= 11 is 1.50. The molecule has 0 fully saturated rings. The van der Waals surface area contributed by atoms with Crippen LogP contribution in [-0.4, -0.2) is 6.26 Å². The second-order valence-corrected chi connectivity index (χ2v) is 0.866. The maximum Gasteiger partial charge on any atom is 2.00 e. The van der Waals surface area contributed by atoms with Gasteiger partial charge in [0.25, 0.3) is 0 Å². The summed E-state index contributed by atoms with van der Waals surface area (Å²) in [4.78, 5) is 0. The first-order valence-electron chi connectivity index (χ1n) is 0.697. The minimum atomic E-state index is 0. The number of hydrogen-bond donors (Lipinski definition) is 0. The molecule has 5 heavy (non-hydrogen) atoms. The van der Waals surface area contributed by atoms with Gasteiger partial charge in [0.1, 0.15) is 0 Å². The van der Waals surface area contributed by atoms with Crippen molar-refractivity contribution in [2.75, 3.05) is 6.26 Å². The zero-order chi connectivity index (χ0) is 2.71. The molecule has 0 aromatic carbocycles. The van der Waals surface area contributed by atoms with E-state index < -0.39 is 0 Å². The average Bonchev–Trinajstić information content (AvgIpc) is 0.918. The van der Waals surface area contributed by atoms with Gasteiger partial charge < -0.3 is 19.2 Å². The molecule has 0 saturated carbocycles. The van der Waals surface area contributed by atoms with Crippen LogP contribution in [0, 0.1) is 13.7 Å². The van der Waals surface area contributed by atoms with Crippen LogP contribution in [0.4, 0.5) is 0 Å². The van der Waals surface area contributed by atoms with Crippen LogP contribution in [0.3, 0.4) is 0 Å². The van der Waals surface area contributed by atoms with Gasteiger partial charge in [-0.2, -0.15) is 0 Å². The van der Waals surface area contributed by atoms with Crippen LogP contribution in [0.1, 0.15) is 0 Å². The van der Waals surface area contributed by atoms with Gasteiger partial charge in [-0.05, 0) is 6.26 Å².